The predicted molar refractivity (Wildman–Crippen MR) is 55.2 cm³/mol. The van der Waals surface area contributed by atoms with E-state index in [2.05, 4.69) is 9.97 Å². The van der Waals surface area contributed by atoms with Gasteiger partial charge in [0.15, 0.2) is 5.78 Å². The number of nitrogens with zero attached hydrogens (tertiary/aromatic N) is 2. The van der Waals surface area contributed by atoms with Crippen LogP contribution in [-0.4, -0.2) is 15.8 Å². The van der Waals surface area contributed by atoms with Crippen LogP contribution in [0.1, 0.15) is 43.0 Å². The second kappa shape index (κ2) is 4.84. The quantitative estimate of drug-likeness (QED) is 0.688. The molecule has 76 valence electrons. The van der Waals surface area contributed by atoms with Crippen molar-refractivity contribution in [1.29, 1.82) is 0 Å². The van der Waals surface area contributed by atoms with Gasteiger partial charge in [-0.3, -0.25) is 4.79 Å². The van der Waals surface area contributed by atoms with Gasteiger partial charge in [-0.25, -0.2) is 9.97 Å². The van der Waals surface area contributed by atoms with Crippen molar-refractivity contribution < 1.29 is 4.79 Å². The predicted octanol–water partition coefficient (Wildman–Crippen LogP) is 2.40. The minimum absolute atomic E-state index is 0.101. The third kappa shape index (κ3) is 2.37. The molecule has 0 radical (unpaired) electrons. The van der Waals surface area contributed by atoms with E-state index >= 15 is 0 Å². The molecule has 0 atom stereocenters. The van der Waals surface area contributed by atoms with Crippen molar-refractivity contribution in [1.82, 2.24) is 9.97 Å². The summed E-state index contributed by atoms with van der Waals surface area (Å²) in [5, 5.41) is 0. The first-order chi connectivity index (χ1) is 6.69. The third-order valence-corrected chi connectivity index (χ3v) is 2.38. The molecule has 0 aromatic carbocycles. The maximum absolute atomic E-state index is 11.9. The zero-order valence-electron chi connectivity index (χ0n) is 8.95. The van der Waals surface area contributed by atoms with E-state index in [1.165, 1.54) is 0 Å². The normalized spacial score (nSPS) is 10.6. The van der Waals surface area contributed by atoms with E-state index < -0.39 is 0 Å². The molecule has 3 nitrogen and oxygen atoms in total. The van der Waals surface area contributed by atoms with E-state index in [4.69, 9.17) is 0 Å². The zero-order valence-corrected chi connectivity index (χ0v) is 8.95. The lowest BCUT2D eigenvalue weighted by Crippen LogP contribution is -2.15. The second-order valence-electron chi connectivity index (χ2n) is 3.37. The van der Waals surface area contributed by atoms with Crippen LogP contribution in [0.2, 0.25) is 0 Å². The highest BCUT2D eigenvalue weighted by Gasteiger charge is 2.17. The largest absolute Gasteiger partial charge is 0.292 e. The number of rotatable bonds is 4. The molecule has 1 rings (SSSR count). The Morgan fingerprint density at radius 2 is 2.07 bits per heavy atom. The van der Waals surface area contributed by atoms with Gasteiger partial charge in [0.25, 0.3) is 0 Å². The number of aryl methyl sites for hydroxylation is 1. The van der Waals surface area contributed by atoms with Crippen molar-refractivity contribution in [2.45, 2.75) is 33.6 Å². The summed E-state index contributed by atoms with van der Waals surface area (Å²) in [4.78, 5) is 20.0. The van der Waals surface area contributed by atoms with Gasteiger partial charge in [-0.05, 0) is 25.8 Å². The number of Topliss-reactive ketones (excluding diaryl/α,β-unsaturated/α-hetero) is 1. The maximum Gasteiger partial charge on any atom is 0.184 e. The van der Waals surface area contributed by atoms with E-state index in [9.17, 15) is 4.79 Å². The molecule has 14 heavy (non-hydrogen) atoms. The number of hydrogen-bond acceptors (Lipinski definition) is 3. The van der Waals surface area contributed by atoms with Gasteiger partial charge in [0.05, 0.1) is 0 Å². The standard InChI is InChI=1S/C11H16N2O/c1-4-9(5-2)11(14)10-6-7-12-8(3)13-10/h6-7,9H,4-5H2,1-3H3. The van der Waals surface area contributed by atoms with Crippen LogP contribution in [0.3, 0.4) is 0 Å². The average molecular weight is 192 g/mol. The minimum atomic E-state index is 0.101. The van der Waals surface area contributed by atoms with Gasteiger partial charge < -0.3 is 0 Å². The molecule has 0 fully saturated rings. The summed E-state index contributed by atoms with van der Waals surface area (Å²) in [6, 6.07) is 1.69. The number of carbonyl (C=O) groups excluding carboxylic acids is 1. The molecule has 1 aromatic rings. The first-order valence-corrected chi connectivity index (χ1v) is 5.02. The van der Waals surface area contributed by atoms with Gasteiger partial charge >= 0.3 is 0 Å². The van der Waals surface area contributed by atoms with E-state index in [1.54, 1.807) is 19.2 Å². The van der Waals surface area contributed by atoms with Gasteiger partial charge in [-0.15, -0.1) is 0 Å². The Kier molecular flexibility index (Phi) is 3.74. The lowest BCUT2D eigenvalue weighted by Gasteiger charge is -2.09. The fourth-order valence-corrected chi connectivity index (χ4v) is 1.46. The van der Waals surface area contributed by atoms with Crippen LogP contribution in [0.5, 0.6) is 0 Å². The monoisotopic (exact) mass is 192 g/mol. The fraction of sp³-hybridized carbons (Fsp3) is 0.545. The number of aromatic nitrogens is 2. The number of ketones is 1. The molecule has 0 aliphatic carbocycles. The van der Waals surface area contributed by atoms with Crippen molar-refractivity contribution in [2.75, 3.05) is 0 Å². The van der Waals surface area contributed by atoms with Crippen molar-refractivity contribution in [3.63, 3.8) is 0 Å². The zero-order chi connectivity index (χ0) is 10.6. The van der Waals surface area contributed by atoms with Crippen LogP contribution in [0, 0.1) is 12.8 Å². The Morgan fingerprint density at radius 1 is 1.43 bits per heavy atom. The van der Waals surface area contributed by atoms with E-state index in [1.807, 2.05) is 13.8 Å². The van der Waals surface area contributed by atoms with Crippen molar-refractivity contribution in [3.05, 3.63) is 23.8 Å². The van der Waals surface area contributed by atoms with Crippen LogP contribution >= 0.6 is 0 Å². The van der Waals surface area contributed by atoms with Crippen molar-refractivity contribution in [2.24, 2.45) is 5.92 Å². The highest BCUT2D eigenvalue weighted by molar-refractivity contribution is 5.95. The lowest BCUT2D eigenvalue weighted by molar-refractivity contribution is 0.0908. The molecular weight excluding hydrogens is 176 g/mol. The highest BCUT2D eigenvalue weighted by Crippen LogP contribution is 2.13. The average Bonchev–Trinajstić information content (AvgIpc) is 2.19. The molecule has 0 saturated heterocycles. The molecule has 0 unspecified atom stereocenters. The van der Waals surface area contributed by atoms with Gasteiger partial charge in [0, 0.05) is 12.1 Å². The summed E-state index contributed by atoms with van der Waals surface area (Å²) in [7, 11) is 0. The Hall–Kier alpha value is -1.25. The molecule has 0 aliphatic rings. The Balaban J connectivity index is 2.88. The smallest absolute Gasteiger partial charge is 0.184 e. The van der Waals surface area contributed by atoms with Crippen LogP contribution in [0.15, 0.2) is 12.3 Å². The molecule has 0 bridgehead atoms. The molecule has 0 saturated carbocycles. The molecule has 0 amide bonds. The maximum atomic E-state index is 11.9. The SMILES string of the molecule is CCC(CC)C(=O)c1ccnc(C)n1. The third-order valence-electron chi connectivity index (χ3n) is 2.38. The first-order valence-electron chi connectivity index (χ1n) is 5.02. The van der Waals surface area contributed by atoms with Crippen molar-refractivity contribution in [3.8, 4) is 0 Å². The summed E-state index contributed by atoms with van der Waals surface area (Å²) >= 11 is 0. The van der Waals surface area contributed by atoms with E-state index in [0.29, 0.717) is 11.5 Å². The topological polar surface area (TPSA) is 42.9 Å². The van der Waals surface area contributed by atoms with Gasteiger partial charge in [0.1, 0.15) is 11.5 Å². The summed E-state index contributed by atoms with van der Waals surface area (Å²) in [6.45, 7) is 5.85. The van der Waals surface area contributed by atoms with E-state index in [-0.39, 0.29) is 11.7 Å². The summed E-state index contributed by atoms with van der Waals surface area (Å²) < 4.78 is 0. The highest BCUT2D eigenvalue weighted by atomic mass is 16.1. The molecule has 3 heteroatoms. The number of hydrogen-bond donors (Lipinski definition) is 0. The Morgan fingerprint density at radius 3 is 2.57 bits per heavy atom. The van der Waals surface area contributed by atoms with Crippen LogP contribution in [0.25, 0.3) is 0 Å². The number of carbonyl (C=O) groups is 1. The summed E-state index contributed by atoms with van der Waals surface area (Å²) in [5.41, 5.74) is 0.547. The molecule has 1 heterocycles. The van der Waals surface area contributed by atoms with Gasteiger partial charge in [0.2, 0.25) is 0 Å². The fourth-order valence-electron chi connectivity index (χ4n) is 1.46. The second-order valence-corrected chi connectivity index (χ2v) is 3.37. The van der Waals surface area contributed by atoms with Gasteiger partial charge in [-0.1, -0.05) is 13.8 Å². The molecular formula is C11H16N2O. The molecule has 0 spiro atoms. The van der Waals surface area contributed by atoms with Crippen LogP contribution in [0.4, 0.5) is 0 Å². The summed E-state index contributed by atoms with van der Waals surface area (Å²) in [5.74, 6) is 0.895. The summed E-state index contributed by atoms with van der Waals surface area (Å²) in [6.07, 6.45) is 3.38. The van der Waals surface area contributed by atoms with Crippen LogP contribution < -0.4 is 0 Å². The van der Waals surface area contributed by atoms with Gasteiger partial charge in [-0.2, -0.15) is 0 Å². The molecule has 0 N–H and O–H groups in total. The van der Waals surface area contributed by atoms with Crippen molar-refractivity contribution >= 4 is 5.78 Å². The molecule has 1 aromatic heterocycles. The van der Waals surface area contributed by atoms with Crippen LogP contribution in [-0.2, 0) is 0 Å². The Labute approximate surface area is 84.6 Å². The minimum Gasteiger partial charge on any atom is -0.292 e. The molecule has 0 aliphatic heterocycles. The lowest BCUT2D eigenvalue weighted by atomic mass is 9.96. The van der Waals surface area contributed by atoms with E-state index in [0.717, 1.165) is 12.8 Å². The first kappa shape index (κ1) is 10.8. The Bertz CT molecular complexity index is 319.